The molecule has 5 aliphatic rings. The van der Waals surface area contributed by atoms with Crippen molar-refractivity contribution >= 4 is 28.9 Å². The second kappa shape index (κ2) is 9.35. The van der Waals surface area contributed by atoms with Gasteiger partial charge in [0.05, 0.1) is 24.8 Å². The number of benzene rings is 1. The van der Waals surface area contributed by atoms with E-state index in [1.807, 2.05) is 4.90 Å². The van der Waals surface area contributed by atoms with Crippen LogP contribution in [0.15, 0.2) is 29.0 Å². The van der Waals surface area contributed by atoms with Crippen molar-refractivity contribution in [2.24, 2.45) is 17.6 Å². The number of primary amides is 1. The molecule has 4 atom stereocenters. The zero-order chi connectivity index (χ0) is 27.6. The van der Waals surface area contributed by atoms with Crippen LogP contribution >= 0.6 is 0 Å². The zero-order valence-electron chi connectivity index (χ0n) is 21.6. The SMILES string of the molecule is NC(=O)C1=C(O)[C@@]2(O)C(=O)C3=C(O)c4c(O)ccc(N5CCOCC5)c4C[C@H]3C[C@H]2[C@@H](N2CCCCC2)C1=O. The van der Waals surface area contributed by atoms with Crippen molar-refractivity contribution in [3.05, 3.63) is 40.2 Å². The highest BCUT2D eigenvalue weighted by Gasteiger charge is 2.64. The average Bonchev–Trinajstić information content (AvgIpc) is 2.92. The lowest BCUT2D eigenvalue weighted by Crippen LogP contribution is -2.67. The summed E-state index contributed by atoms with van der Waals surface area (Å²) in [5.74, 6) is -6.26. The Morgan fingerprint density at radius 2 is 1.72 bits per heavy atom. The number of aliphatic hydroxyl groups is 3. The number of rotatable bonds is 3. The zero-order valence-corrected chi connectivity index (χ0v) is 21.6. The quantitative estimate of drug-likeness (QED) is 0.345. The fourth-order valence-corrected chi connectivity index (χ4v) is 7.35. The van der Waals surface area contributed by atoms with Crippen LogP contribution in [0.3, 0.4) is 0 Å². The van der Waals surface area contributed by atoms with E-state index in [0.29, 0.717) is 45.0 Å². The number of piperidine rings is 1. The van der Waals surface area contributed by atoms with Gasteiger partial charge in [0, 0.05) is 30.3 Å². The van der Waals surface area contributed by atoms with Crippen molar-refractivity contribution < 1.29 is 39.5 Å². The minimum absolute atomic E-state index is 0.0995. The molecule has 1 aromatic rings. The first kappa shape index (κ1) is 25.8. The predicted molar refractivity (Wildman–Crippen MR) is 139 cm³/mol. The topological polar surface area (TPSA) is 174 Å². The number of hydrogen-bond acceptors (Lipinski definition) is 10. The molecule has 0 bridgehead atoms. The Balaban J connectivity index is 1.51. The second-order valence-corrected chi connectivity index (χ2v) is 11.2. The molecular weight excluding hydrogens is 506 g/mol. The average molecular weight is 540 g/mol. The highest BCUT2D eigenvalue weighted by atomic mass is 16.5. The van der Waals surface area contributed by atoms with Gasteiger partial charge < -0.3 is 35.8 Å². The Bertz CT molecular complexity index is 1320. The molecule has 0 unspecified atom stereocenters. The number of aliphatic hydroxyl groups excluding tert-OH is 2. The molecule has 2 saturated heterocycles. The second-order valence-electron chi connectivity index (χ2n) is 11.2. The van der Waals surface area contributed by atoms with Crippen LogP contribution in [0.5, 0.6) is 5.75 Å². The molecule has 1 saturated carbocycles. The summed E-state index contributed by atoms with van der Waals surface area (Å²) in [6.07, 6.45) is 2.98. The number of nitrogens with zero attached hydrogens (tertiary/aromatic N) is 2. The fraction of sp³-hybridized carbons (Fsp3) is 0.536. The number of likely N-dealkylation sites (tertiary alicyclic amines) is 1. The number of ketones is 2. The van der Waals surface area contributed by atoms with Crippen molar-refractivity contribution in [3.8, 4) is 5.75 Å². The van der Waals surface area contributed by atoms with Gasteiger partial charge >= 0.3 is 0 Å². The van der Waals surface area contributed by atoms with Crippen LogP contribution in [0, 0.1) is 11.8 Å². The first-order valence-electron chi connectivity index (χ1n) is 13.6. The Kier molecular flexibility index (Phi) is 6.20. The maximum Gasteiger partial charge on any atom is 0.255 e. The number of anilines is 1. The van der Waals surface area contributed by atoms with E-state index in [4.69, 9.17) is 10.5 Å². The van der Waals surface area contributed by atoms with E-state index in [0.717, 1.165) is 24.9 Å². The van der Waals surface area contributed by atoms with E-state index in [1.54, 1.807) is 6.07 Å². The Morgan fingerprint density at radius 1 is 1.03 bits per heavy atom. The van der Waals surface area contributed by atoms with Gasteiger partial charge in [-0.15, -0.1) is 0 Å². The standard InChI is InChI=1S/C28H33N3O8/c29-27(37)21-24(34)22(31-6-2-1-3-7-31)16-13-14-12-15-17(30-8-10-39-11-9-30)4-5-18(32)20(15)23(33)19(14)25(35)28(16,38)26(21)36/h4-5,14,16,22,32-33,36,38H,1-3,6-13H2,(H2,29,37)/t14-,16-,22+,28-/m0/s1. The maximum absolute atomic E-state index is 14.1. The number of phenolic OH excluding ortho intramolecular Hbond substituents is 1. The molecule has 6 N–H and O–H groups in total. The van der Waals surface area contributed by atoms with Gasteiger partial charge in [-0.2, -0.15) is 0 Å². The monoisotopic (exact) mass is 539 g/mol. The summed E-state index contributed by atoms with van der Waals surface area (Å²) in [6, 6.07) is 2.22. The molecule has 3 aliphatic carbocycles. The van der Waals surface area contributed by atoms with Crippen molar-refractivity contribution in [1.29, 1.82) is 0 Å². The van der Waals surface area contributed by atoms with Gasteiger partial charge in [-0.25, -0.2) is 0 Å². The van der Waals surface area contributed by atoms with Crippen LogP contribution in [-0.2, 0) is 25.5 Å². The van der Waals surface area contributed by atoms with Gasteiger partial charge in [0.15, 0.2) is 11.4 Å². The molecule has 2 heterocycles. The van der Waals surface area contributed by atoms with Crippen LogP contribution in [-0.4, -0.2) is 93.8 Å². The summed E-state index contributed by atoms with van der Waals surface area (Å²) >= 11 is 0. The van der Waals surface area contributed by atoms with Gasteiger partial charge in [-0.3, -0.25) is 19.3 Å². The van der Waals surface area contributed by atoms with Crippen LogP contribution in [0.4, 0.5) is 5.69 Å². The third-order valence-corrected chi connectivity index (χ3v) is 9.16. The molecule has 39 heavy (non-hydrogen) atoms. The third-order valence-electron chi connectivity index (χ3n) is 9.16. The van der Waals surface area contributed by atoms with Crippen molar-refractivity contribution in [2.75, 3.05) is 44.3 Å². The summed E-state index contributed by atoms with van der Waals surface area (Å²) in [6.45, 7) is 3.41. The number of Topliss-reactive ketones (excluding diaryl/α,β-unsaturated/α-hetero) is 2. The molecule has 0 aromatic heterocycles. The van der Waals surface area contributed by atoms with Gasteiger partial charge in [0.25, 0.3) is 5.91 Å². The number of hydrogen-bond donors (Lipinski definition) is 5. The minimum atomic E-state index is -2.62. The number of carbonyl (C=O) groups is 3. The van der Waals surface area contributed by atoms with Gasteiger partial charge in [0.2, 0.25) is 5.78 Å². The molecule has 2 aliphatic heterocycles. The number of ether oxygens (including phenoxy) is 1. The Labute approximate surface area is 225 Å². The molecule has 3 fully saturated rings. The minimum Gasteiger partial charge on any atom is -0.508 e. The van der Waals surface area contributed by atoms with E-state index < -0.39 is 58.0 Å². The van der Waals surface area contributed by atoms with E-state index in [1.165, 1.54) is 6.07 Å². The molecule has 11 nitrogen and oxygen atoms in total. The molecule has 1 aromatic carbocycles. The van der Waals surface area contributed by atoms with Gasteiger partial charge in [-0.1, -0.05) is 6.42 Å². The first-order chi connectivity index (χ1) is 18.7. The number of carbonyl (C=O) groups excluding carboxylic acids is 3. The van der Waals surface area contributed by atoms with Crippen molar-refractivity contribution in [2.45, 2.75) is 43.7 Å². The summed E-state index contributed by atoms with van der Waals surface area (Å²) in [5.41, 5.74) is 3.56. The summed E-state index contributed by atoms with van der Waals surface area (Å²) < 4.78 is 5.48. The Morgan fingerprint density at radius 3 is 2.38 bits per heavy atom. The molecular formula is C28H33N3O8. The molecule has 208 valence electrons. The van der Waals surface area contributed by atoms with Crippen LogP contribution < -0.4 is 10.6 Å². The molecule has 0 spiro atoms. The Hall–Kier alpha value is -3.41. The lowest BCUT2D eigenvalue weighted by molar-refractivity contribution is -0.155. The molecule has 6 rings (SSSR count). The highest BCUT2D eigenvalue weighted by molar-refractivity contribution is 6.24. The molecule has 11 heteroatoms. The van der Waals surface area contributed by atoms with Gasteiger partial charge in [-0.05, 0) is 62.4 Å². The van der Waals surface area contributed by atoms with Crippen molar-refractivity contribution in [1.82, 2.24) is 4.90 Å². The molecule has 0 radical (unpaired) electrons. The number of amides is 1. The fourth-order valence-electron chi connectivity index (χ4n) is 7.35. The number of nitrogens with two attached hydrogens (primary N) is 1. The number of morpholine rings is 1. The van der Waals surface area contributed by atoms with E-state index in [-0.39, 0.29) is 29.7 Å². The van der Waals surface area contributed by atoms with Crippen LogP contribution in [0.2, 0.25) is 0 Å². The maximum atomic E-state index is 14.1. The van der Waals surface area contributed by atoms with E-state index in [2.05, 4.69) is 4.90 Å². The smallest absolute Gasteiger partial charge is 0.255 e. The predicted octanol–water partition coefficient (Wildman–Crippen LogP) is 0.725. The number of fused-ring (bicyclic) bond motifs is 3. The van der Waals surface area contributed by atoms with E-state index in [9.17, 15) is 34.8 Å². The van der Waals surface area contributed by atoms with E-state index >= 15 is 0 Å². The summed E-state index contributed by atoms with van der Waals surface area (Å²) in [4.78, 5) is 44.0. The third kappa shape index (κ3) is 3.70. The summed E-state index contributed by atoms with van der Waals surface area (Å²) in [5, 5.41) is 45.2. The largest absolute Gasteiger partial charge is 0.508 e. The van der Waals surface area contributed by atoms with Gasteiger partial charge in [0.1, 0.15) is 22.8 Å². The van der Waals surface area contributed by atoms with Crippen LogP contribution in [0.1, 0.15) is 36.8 Å². The molecule has 1 amide bonds. The normalized spacial score (nSPS) is 31.6. The summed E-state index contributed by atoms with van der Waals surface area (Å²) in [7, 11) is 0. The lowest BCUT2D eigenvalue weighted by Gasteiger charge is -2.52. The van der Waals surface area contributed by atoms with Crippen LogP contribution in [0.25, 0.3) is 5.76 Å². The lowest BCUT2D eigenvalue weighted by atomic mass is 9.57. The van der Waals surface area contributed by atoms with Crippen molar-refractivity contribution in [3.63, 3.8) is 0 Å². The number of aromatic hydroxyl groups is 1. The first-order valence-corrected chi connectivity index (χ1v) is 13.6. The highest BCUT2D eigenvalue weighted by Crippen LogP contribution is 2.54. The number of phenols is 1.